The van der Waals surface area contributed by atoms with Gasteiger partial charge in [-0.25, -0.2) is 4.98 Å². The molecule has 1 N–H and O–H groups in total. The molecular weight excluding hydrogens is 230 g/mol. The zero-order chi connectivity index (χ0) is 11.0. The predicted molar refractivity (Wildman–Crippen MR) is 53.3 cm³/mol. The molecule has 0 aromatic carbocycles. The van der Waals surface area contributed by atoms with E-state index in [-0.39, 0.29) is 0 Å². The Morgan fingerprint density at radius 2 is 2.38 bits per heavy atom. The second-order valence-corrected chi connectivity index (χ2v) is 3.70. The molecule has 0 fully saturated rings. The van der Waals surface area contributed by atoms with Crippen LogP contribution in [0.2, 0.25) is 0 Å². The zero-order valence-electron chi connectivity index (χ0n) is 8.08. The summed E-state index contributed by atoms with van der Waals surface area (Å²) >= 11 is 1.21. The van der Waals surface area contributed by atoms with E-state index in [2.05, 4.69) is 34.9 Å². The third-order valence-electron chi connectivity index (χ3n) is 1.90. The fourth-order valence-corrected chi connectivity index (χ4v) is 1.73. The summed E-state index contributed by atoms with van der Waals surface area (Å²) in [5.41, 5.74) is 0.762. The van der Waals surface area contributed by atoms with Gasteiger partial charge >= 0.3 is 0 Å². The maximum Gasteiger partial charge on any atom is 0.271 e. The Morgan fingerprint density at radius 3 is 3.06 bits per heavy atom. The fourth-order valence-electron chi connectivity index (χ4n) is 1.15. The maximum atomic E-state index is 5.10. The molecule has 0 aliphatic heterocycles. The summed E-state index contributed by atoms with van der Waals surface area (Å²) in [6.45, 7) is 1.83. The van der Waals surface area contributed by atoms with Crippen LogP contribution in [0.1, 0.15) is 5.69 Å². The van der Waals surface area contributed by atoms with Crippen molar-refractivity contribution in [3.8, 4) is 22.4 Å². The van der Waals surface area contributed by atoms with Crippen molar-refractivity contribution in [1.82, 2.24) is 34.9 Å². The highest BCUT2D eigenvalue weighted by Gasteiger charge is 2.16. The van der Waals surface area contributed by atoms with Gasteiger partial charge in [0.15, 0.2) is 5.82 Å². The van der Waals surface area contributed by atoms with Crippen molar-refractivity contribution in [2.75, 3.05) is 0 Å². The van der Waals surface area contributed by atoms with E-state index in [1.165, 1.54) is 17.9 Å². The molecule has 0 unspecified atom stereocenters. The first kappa shape index (κ1) is 9.09. The molecule has 80 valence electrons. The van der Waals surface area contributed by atoms with Gasteiger partial charge in [-0.1, -0.05) is 9.64 Å². The summed E-state index contributed by atoms with van der Waals surface area (Å²) in [5, 5.41) is 14.0. The van der Waals surface area contributed by atoms with Crippen molar-refractivity contribution in [2.45, 2.75) is 6.92 Å². The fraction of sp³-hybridized carbons (Fsp3) is 0.143. The van der Waals surface area contributed by atoms with Gasteiger partial charge < -0.3 is 4.52 Å². The minimum absolute atomic E-state index is 0.361. The maximum absolute atomic E-state index is 5.10. The predicted octanol–water partition coefficient (Wildman–Crippen LogP) is 0.682. The molecule has 0 amide bonds. The highest BCUT2D eigenvalue weighted by Crippen LogP contribution is 2.24. The quantitative estimate of drug-likeness (QED) is 0.696. The lowest BCUT2D eigenvalue weighted by Gasteiger charge is -1.84. The first-order chi connectivity index (χ1) is 7.84. The summed E-state index contributed by atoms with van der Waals surface area (Å²) in [6.07, 6.45) is 1.38. The van der Waals surface area contributed by atoms with Crippen molar-refractivity contribution in [3.05, 3.63) is 12.0 Å². The molecule has 0 aliphatic carbocycles. The number of aryl methyl sites for hydroxylation is 1. The lowest BCUT2D eigenvalue weighted by atomic mass is 10.4. The first-order valence-electron chi connectivity index (χ1n) is 4.33. The van der Waals surface area contributed by atoms with Crippen molar-refractivity contribution in [2.24, 2.45) is 0 Å². The number of hydrogen-bond acceptors (Lipinski definition) is 8. The third kappa shape index (κ3) is 1.37. The molecule has 0 radical (unpaired) electrons. The van der Waals surface area contributed by atoms with Crippen molar-refractivity contribution in [3.63, 3.8) is 0 Å². The highest BCUT2D eigenvalue weighted by molar-refractivity contribution is 7.09. The van der Waals surface area contributed by atoms with Gasteiger partial charge in [-0.2, -0.15) is 10.1 Å². The number of aromatic nitrogens is 7. The van der Waals surface area contributed by atoms with Gasteiger partial charge in [0.2, 0.25) is 5.82 Å². The smallest absolute Gasteiger partial charge is 0.271 e. The van der Waals surface area contributed by atoms with Crippen LogP contribution >= 0.6 is 11.5 Å². The topological polar surface area (TPSA) is 106 Å². The number of nitrogens with one attached hydrogen (secondary N) is 1. The summed E-state index contributed by atoms with van der Waals surface area (Å²) in [5.74, 6) is 1.21. The molecule has 8 nitrogen and oxygen atoms in total. The van der Waals surface area contributed by atoms with Crippen molar-refractivity contribution >= 4 is 11.5 Å². The molecule has 0 aliphatic rings. The van der Waals surface area contributed by atoms with Crippen molar-refractivity contribution < 1.29 is 4.52 Å². The highest BCUT2D eigenvalue weighted by atomic mass is 32.1. The van der Waals surface area contributed by atoms with Crippen LogP contribution in [-0.4, -0.2) is 34.9 Å². The summed E-state index contributed by atoms with van der Waals surface area (Å²) in [7, 11) is 0. The van der Waals surface area contributed by atoms with E-state index in [9.17, 15) is 0 Å². The van der Waals surface area contributed by atoms with E-state index in [1.807, 2.05) is 6.92 Å². The first-order valence-corrected chi connectivity index (χ1v) is 5.10. The monoisotopic (exact) mass is 235 g/mol. The molecule has 3 heterocycles. The Labute approximate surface area is 92.9 Å². The van der Waals surface area contributed by atoms with Crippen LogP contribution in [0.15, 0.2) is 10.9 Å². The second kappa shape index (κ2) is 3.45. The lowest BCUT2D eigenvalue weighted by molar-refractivity contribution is 0.432. The van der Waals surface area contributed by atoms with Crippen LogP contribution < -0.4 is 0 Å². The molecule has 0 atom stereocenters. The van der Waals surface area contributed by atoms with Gasteiger partial charge in [0.05, 0.1) is 5.69 Å². The Bertz CT molecular complexity index is 598. The lowest BCUT2D eigenvalue weighted by Crippen LogP contribution is -1.83. The zero-order valence-corrected chi connectivity index (χ0v) is 8.89. The van der Waals surface area contributed by atoms with E-state index >= 15 is 0 Å². The average molecular weight is 235 g/mol. The van der Waals surface area contributed by atoms with E-state index in [1.54, 1.807) is 0 Å². The van der Waals surface area contributed by atoms with Crippen LogP contribution in [0.5, 0.6) is 0 Å². The van der Waals surface area contributed by atoms with Gasteiger partial charge in [-0.3, -0.25) is 5.10 Å². The number of hydrogen-bond donors (Lipinski definition) is 1. The molecule has 9 heteroatoms. The molecular formula is C7H5N7OS. The van der Waals surface area contributed by atoms with Crippen molar-refractivity contribution in [1.29, 1.82) is 0 Å². The number of H-pyrrole nitrogens is 1. The van der Waals surface area contributed by atoms with Gasteiger partial charge in [0.25, 0.3) is 5.89 Å². The number of aromatic amines is 1. The van der Waals surface area contributed by atoms with E-state index in [4.69, 9.17) is 4.52 Å². The van der Waals surface area contributed by atoms with E-state index in [0.717, 1.165) is 10.6 Å². The Balaban J connectivity index is 2.03. The Kier molecular flexibility index (Phi) is 1.96. The summed E-state index contributed by atoms with van der Waals surface area (Å²) in [6, 6.07) is 0. The standard InChI is InChI=1S/C7H5N7OS/c1-3-4(16-14-11-3)7-10-6(13-15-7)5-8-2-9-12-5/h2H,1H3,(H,8,9,12). The van der Waals surface area contributed by atoms with Crippen LogP contribution in [0.3, 0.4) is 0 Å². The summed E-state index contributed by atoms with van der Waals surface area (Å²) in [4.78, 5) is 8.86. The van der Waals surface area contributed by atoms with Gasteiger partial charge in [0.1, 0.15) is 11.2 Å². The molecule has 0 bridgehead atoms. The van der Waals surface area contributed by atoms with Crippen LogP contribution in [-0.2, 0) is 0 Å². The number of nitrogens with zero attached hydrogens (tertiary/aromatic N) is 6. The minimum Gasteiger partial charge on any atom is -0.332 e. The second-order valence-electron chi connectivity index (χ2n) is 2.94. The molecule has 0 saturated carbocycles. The van der Waals surface area contributed by atoms with Gasteiger partial charge in [-0.05, 0) is 18.5 Å². The molecule has 3 aromatic heterocycles. The van der Waals surface area contributed by atoms with E-state index in [0.29, 0.717) is 17.5 Å². The Morgan fingerprint density at radius 1 is 1.44 bits per heavy atom. The molecule has 16 heavy (non-hydrogen) atoms. The molecule has 0 spiro atoms. The Hall–Kier alpha value is -2.16. The summed E-state index contributed by atoms with van der Waals surface area (Å²) < 4.78 is 8.89. The van der Waals surface area contributed by atoms with Crippen LogP contribution in [0, 0.1) is 6.92 Å². The third-order valence-corrected chi connectivity index (χ3v) is 2.71. The minimum atomic E-state index is 0.361. The van der Waals surface area contributed by atoms with E-state index < -0.39 is 0 Å². The van der Waals surface area contributed by atoms with Gasteiger partial charge in [0, 0.05) is 0 Å². The van der Waals surface area contributed by atoms with Crippen LogP contribution in [0.25, 0.3) is 22.4 Å². The molecule has 3 rings (SSSR count). The normalized spacial score (nSPS) is 10.8. The molecule has 0 saturated heterocycles. The average Bonchev–Trinajstić information content (AvgIpc) is 2.96. The van der Waals surface area contributed by atoms with Crippen LogP contribution in [0.4, 0.5) is 0 Å². The van der Waals surface area contributed by atoms with Gasteiger partial charge in [-0.15, -0.1) is 5.10 Å². The number of rotatable bonds is 2. The SMILES string of the molecule is Cc1nnsc1-c1nc(-c2ncn[nH]2)no1. The molecule has 3 aromatic rings. The largest absolute Gasteiger partial charge is 0.332 e.